The third-order valence-electron chi connectivity index (χ3n) is 2.98. The molecule has 7 heteroatoms. The molecule has 0 atom stereocenters. The summed E-state index contributed by atoms with van der Waals surface area (Å²) in [5, 5.41) is 0.0244. The Morgan fingerprint density at radius 1 is 0.957 bits per heavy atom. The first-order valence-corrected chi connectivity index (χ1v) is 7.78. The Bertz CT molecular complexity index is 845. The maximum Gasteiger partial charge on any atom is 0.141 e. The second kappa shape index (κ2) is 6.93. The van der Waals surface area contributed by atoms with E-state index in [4.69, 9.17) is 11.6 Å². The van der Waals surface area contributed by atoms with Gasteiger partial charge in [-0.2, -0.15) is 0 Å². The second-order valence-corrected chi connectivity index (χ2v) is 5.81. The fraction of sp³-hybridized carbons (Fsp3) is 0. The lowest BCUT2D eigenvalue weighted by Crippen LogP contribution is -1.94. The highest BCUT2D eigenvalue weighted by Crippen LogP contribution is 2.26. The molecule has 0 bridgehead atoms. The third-order valence-corrected chi connectivity index (χ3v) is 4.14. The van der Waals surface area contributed by atoms with Crippen LogP contribution in [0.5, 0.6) is 0 Å². The number of hydrogen-bond acceptors (Lipinski definition) is 4. The van der Waals surface area contributed by atoms with E-state index in [2.05, 4.69) is 14.7 Å². The van der Waals surface area contributed by atoms with Gasteiger partial charge in [0, 0.05) is 11.6 Å². The summed E-state index contributed by atoms with van der Waals surface area (Å²) in [4.78, 5) is 8.67. The Hall–Kier alpha value is -2.18. The fourth-order valence-electron chi connectivity index (χ4n) is 1.86. The van der Waals surface area contributed by atoms with E-state index in [-0.39, 0.29) is 10.8 Å². The zero-order valence-electron chi connectivity index (χ0n) is 11.6. The Labute approximate surface area is 140 Å². The van der Waals surface area contributed by atoms with E-state index in [0.29, 0.717) is 22.0 Å². The van der Waals surface area contributed by atoms with Gasteiger partial charge in [-0.3, -0.25) is 0 Å². The highest BCUT2D eigenvalue weighted by atomic mass is 35.5. The van der Waals surface area contributed by atoms with E-state index in [1.165, 1.54) is 24.5 Å². The number of aromatic nitrogens is 2. The van der Waals surface area contributed by atoms with Crippen molar-refractivity contribution in [3.05, 3.63) is 71.5 Å². The van der Waals surface area contributed by atoms with Crippen LogP contribution in [0.15, 0.2) is 59.8 Å². The molecule has 1 heterocycles. The van der Waals surface area contributed by atoms with Crippen molar-refractivity contribution in [1.29, 1.82) is 0 Å². The van der Waals surface area contributed by atoms with Crippen molar-refractivity contribution < 1.29 is 8.78 Å². The standard InChI is InChI=1S/C16H10ClF2N3S/c17-11-7-10(5-6-12(11)18)14-8-16(21-9-20-14)22-23-15-4-2-1-3-13(15)19/h1-9H,(H,20,21,22). The Balaban J connectivity index is 1.80. The molecule has 3 aromatic rings. The summed E-state index contributed by atoms with van der Waals surface area (Å²) in [6.45, 7) is 0. The molecule has 0 unspecified atom stereocenters. The minimum absolute atomic E-state index is 0.0244. The fourth-order valence-corrected chi connectivity index (χ4v) is 2.68. The van der Waals surface area contributed by atoms with Gasteiger partial charge in [-0.1, -0.05) is 23.7 Å². The monoisotopic (exact) mass is 349 g/mol. The van der Waals surface area contributed by atoms with Crippen LogP contribution in [0.2, 0.25) is 5.02 Å². The summed E-state index contributed by atoms with van der Waals surface area (Å²) in [5.41, 5.74) is 1.25. The van der Waals surface area contributed by atoms with Gasteiger partial charge in [0.25, 0.3) is 0 Å². The van der Waals surface area contributed by atoms with Crippen molar-refractivity contribution in [1.82, 2.24) is 9.97 Å². The van der Waals surface area contributed by atoms with Gasteiger partial charge in [-0.05, 0) is 42.3 Å². The van der Waals surface area contributed by atoms with Crippen LogP contribution in [-0.4, -0.2) is 9.97 Å². The Kier molecular flexibility index (Phi) is 4.73. The first-order valence-electron chi connectivity index (χ1n) is 6.58. The van der Waals surface area contributed by atoms with Crippen LogP contribution in [0.1, 0.15) is 0 Å². The highest BCUT2D eigenvalue weighted by molar-refractivity contribution is 8.00. The van der Waals surface area contributed by atoms with Gasteiger partial charge in [-0.25, -0.2) is 18.7 Å². The molecule has 1 N–H and O–H groups in total. The zero-order chi connectivity index (χ0) is 16.2. The molecule has 0 fully saturated rings. The van der Waals surface area contributed by atoms with E-state index >= 15 is 0 Å². The molecule has 3 nitrogen and oxygen atoms in total. The molecule has 1 aromatic heterocycles. The lowest BCUT2D eigenvalue weighted by molar-refractivity contribution is 0.602. The predicted molar refractivity (Wildman–Crippen MR) is 88.3 cm³/mol. The second-order valence-electron chi connectivity index (χ2n) is 4.55. The first kappa shape index (κ1) is 15.7. The van der Waals surface area contributed by atoms with Gasteiger partial charge >= 0.3 is 0 Å². The van der Waals surface area contributed by atoms with E-state index in [9.17, 15) is 8.78 Å². The van der Waals surface area contributed by atoms with Gasteiger partial charge in [0.1, 0.15) is 23.8 Å². The molecule has 0 saturated heterocycles. The normalized spacial score (nSPS) is 10.6. The molecule has 0 spiro atoms. The lowest BCUT2D eigenvalue weighted by Gasteiger charge is -2.07. The Morgan fingerprint density at radius 2 is 1.78 bits per heavy atom. The van der Waals surface area contributed by atoms with Gasteiger partial charge < -0.3 is 4.72 Å². The number of anilines is 1. The Morgan fingerprint density at radius 3 is 2.57 bits per heavy atom. The van der Waals surface area contributed by atoms with Crippen molar-refractivity contribution in [2.24, 2.45) is 0 Å². The average molecular weight is 350 g/mol. The van der Waals surface area contributed by atoms with Gasteiger partial charge in [0.05, 0.1) is 15.6 Å². The summed E-state index contributed by atoms with van der Waals surface area (Å²) in [6, 6.07) is 12.5. The average Bonchev–Trinajstić information content (AvgIpc) is 2.57. The molecule has 0 amide bonds. The van der Waals surface area contributed by atoms with Crippen molar-refractivity contribution in [2.75, 3.05) is 4.72 Å². The molecule has 0 saturated carbocycles. The predicted octanol–water partition coefficient (Wildman–Crippen LogP) is 5.19. The van der Waals surface area contributed by atoms with Crippen molar-refractivity contribution >= 4 is 29.4 Å². The molecule has 0 aliphatic rings. The van der Waals surface area contributed by atoms with Crippen molar-refractivity contribution in [2.45, 2.75) is 4.90 Å². The molecule has 0 aliphatic carbocycles. The number of rotatable bonds is 4. The molecule has 0 radical (unpaired) electrons. The minimum Gasteiger partial charge on any atom is -0.310 e. The maximum absolute atomic E-state index is 13.6. The molecule has 3 rings (SSSR count). The quantitative estimate of drug-likeness (QED) is 0.657. The first-order chi connectivity index (χ1) is 11.1. The number of halogens is 3. The van der Waals surface area contributed by atoms with Crippen LogP contribution in [0.3, 0.4) is 0 Å². The SMILES string of the molecule is Fc1ccc(-c2cc(NSc3ccccc3F)ncn2)cc1Cl. The van der Waals surface area contributed by atoms with E-state index in [1.807, 2.05) is 0 Å². The van der Waals surface area contributed by atoms with Crippen molar-refractivity contribution in [3.63, 3.8) is 0 Å². The van der Waals surface area contributed by atoms with E-state index in [1.54, 1.807) is 30.3 Å². The number of benzene rings is 2. The van der Waals surface area contributed by atoms with Crippen LogP contribution in [0.4, 0.5) is 14.6 Å². The van der Waals surface area contributed by atoms with Gasteiger partial charge in [-0.15, -0.1) is 0 Å². The molecule has 0 aliphatic heterocycles. The van der Waals surface area contributed by atoms with Gasteiger partial charge in [0.15, 0.2) is 0 Å². The van der Waals surface area contributed by atoms with Gasteiger partial charge in [0.2, 0.25) is 0 Å². The lowest BCUT2D eigenvalue weighted by atomic mass is 10.1. The van der Waals surface area contributed by atoms with Crippen LogP contribution >= 0.6 is 23.5 Å². The van der Waals surface area contributed by atoms with E-state index < -0.39 is 5.82 Å². The minimum atomic E-state index is -0.488. The maximum atomic E-state index is 13.6. The number of hydrogen-bond donors (Lipinski definition) is 1. The smallest absolute Gasteiger partial charge is 0.141 e. The van der Waals surface area contributed by atoms with Crippen LogP contribution in [0.25, 0.3) is 11.3 Å². The summed E-state index contributed by atoms with van der Waals surface area (Å²) in [6.07, 6.45) is 1.37. The molecular weight excluding hydrogens is 340 g/mol. The van der Waals surface area contributed by atoms with Crippen LogP contribution < -0.4 is 4.72 Å². The molecule has 23 heavy (non-hydrogen) atoms. The van der Waals surface area contributed by atoms with Crippen LogP contribution in [-0.2, 0) is 0 Å². The third kappa shape index (κ3) is 3.78. The van der Waals surface area contributed by atoms with E-state index in [0.717, 1.165) is 11.9 Å². The molecular formula is C16H10ClF2N3S. The number of nitrogens with one attached hydrogen (secondary N) is 1. The molecule has 116 valence electrons. The largest absolute Gasteiger partial charge is 0.310 e. The topological polar surface area (TPSA) is 37.8 Å². The summed E-state index contributed by atoms with van der Waals surface area (Å²) < 4.78 is 29.8. The summed E-state index contributed by atoms with van der Waals surface area (Å²) in [7, 11) is 0. The summed E-state index contributed by atoms with van der Waals surface area (Å²) >= 11 is 6.89. The summed E-state index contributed by atoms with van der Waals surface area (Å²) in [5.74, 6) is -0.300. The zero-order valence-corrected chi connectivity index (χ0v) is 13.2. The van der Waals surface area contributed by atoms with Crippen molar-refractivity contribution in [3.8, 4) is 11.3 Å². The molecule has 2 aromatic carbocycles. The van der Waals surface area contributed by atoms with Crippen LogP contribution in [0, 0.1) is 11.6 Å². The number of nitrogens with zero attached hydrogens (tertiary/aromatic N) is 2. The highest BCUT2D eigenvalue weighted by Gasteiger charge is 2.07.